The Balaban J connectivity index is 1.45. The molecule has 0 bridgehead atoms. The molecule has 0 aromatic heterocycles. The van der Waals surface area contributed by atoms with Gasteiger partial charge in [-0.2, -0.15) is 0 Å². The summed E-state index contributed by atoms with van der Waals surface area (Å²) in [5.41, 5.74) is 2.51. The second-order valence-electron chi connectivity index (χ2n) is 6.90. The van der Waals surface area contributed by atoms with Gasteiger partial charge in [-0.3, -0.25) is 9.80 Å². The van der Waals surface area contributed by atoms with Crippen molar-refractivity contribution in [2.75, 3.05) is 32.7 Å². The van der Waals surface area contributed by atoms with E-state index in [0.29, 0.717) is 0 Å². The van der Waals surface area contributed by atoms with E-state index in [2.05, 4.69) is 34.1 Å². The Morgan fingerprint density at radius 1 is 0.840 bits per heavy atom. The molecular weight excluding hydrogens is 332 g/mol. The molecule has 0 radical (unpaired) electrons. The highest BCUT2D eigenvalue weighted by Gasteiger charge is 2.17. The fourth-order valence-corrected chi connectivity index (χ4v) is 3.59. The average Bonchev–Trinajstić information content (AvgIpc) is 2.83. The standard InChI is InChI=1S/C21H27ClN2O/c22-20-9-7-19(8-10-20)16-23-11-4-12-24(14-13-23)17-21(25)15-18-5-2-1-3-6-18/h1-3,5-10,21,25H,4,11-17H2. The zero-order chi connectivity index (χ0) is 17.5. The first-order valence-electron chi connectivity index (χ1n) is 9.10. The monoisotopic (exact) mass is 358 g/mol. The van der Waals surface area contributed by atoms with Crippen molar-refractivity contribution in [2.24, 2.45) is 0 Å². The fraction of sp³-hybridized carbons (Fsp3) is 0.429. The highest BCUT2D eigenvalue weighted by molar-refractivity contribution is 6.30. The second kappa shape index (κ2) is 9.35. The summed E-state index contributed by atoms with van der Waals surface area (Å²) in [5, 5.41) is 11.2. The summed E-state index contributed by atoms with van der Waals surface area (Å²) in [6.45, 7) is 5.94. The molecule has 0 saturated carbocycles. The molecule has 1 heterocycles. The molecule has 134 valence electrons. The number of hydrogen-bond donors (Lipinski definition) is 1. The lowest BCUT2D eigenvalue weighted by molar-refractivity contribution is 0.114. The van der Waals surface area contributed by atoms with Crippen molar-refractivity contribution < 1.29 is 5.11 Å². The van der Waals surface area contributed by atoms with Gasteiger partial charge >= 0.3 is 0 Å². The predicted molar refractivity (Wildman–Crippen MR) is 104 cm³/mol. The van der Waals surface area contributed by atoms with Gasteiger partial charge in [-0.05, 0) is 49.2 Å². The van der Waals surface area contributed by atoms with Crippen LogP contribution in [0, 0.1) is 0 Å². The zero-order valence-electron chi connectivity index (χ0n) is 14.6. The van der Waals surface area contributed by atoms with Crippen LogP contribution in [0.4, 0.5) is 0 Å². The van der Waals surface area contributed by atoms with Gasteiger partial charge in [-0.1, -0.05) is 54.1 Å². The van der Waals surface area contributed by atoms with Crippen LogP contribution in [-0.2, 0) is 13.0 Å². The molecule has 1 atom stereocenters. The molecule has 0 aliphatic carbocycles. The van der Waals surface area contributed by atoms with E-state index >= 15 is 0 Å². The minimum atomic E-state index is -0.301. The smallest absolute Gasteiger partial charge is 0.0707 e. The van der Waals surface area contributed by atoms with E-state index < -0.39 is 0 Å². The molecular formula is C21H27ClN2O. The second-order valence-corrected chi connectivity index (χ2v) is 7.34. The Bertz CT molecular complexity index is 632. The Morgan fingerprint density at radius 2 is 1.52 bits per heavy atom. The molecule has 1 N–H and O–H groups in total. The van der Waals surface area contributed by atoms with Crippen LogP contribution in [-0.4, -0.2) is 53.7 Å². The van der Waals surface area contributed by atoms with Gasteiger partial charge in [0.2, 0.25) is 0 Å². The maximum Gasteiger partial charge on any atom is 0.0707 e. The van der Waals surface area contributed by atoms with E-state index in [1.807, 2.05) is 30.3 Å². The van der Waals surface area contributed by atoms with E-state index in [-0.39, 0.29) is 6.10 Å². The van der Waals surface area contributed by atoms with Crippen molar-refractivity contribution >= 4 is 11.6 Å². The van der Waals surface area contributed by atoms with E-state index in [9.17, 15) is 5.11 Å². The van der Waals surface area contributed by atoms with Gasteiger partial charge in [-0.15, -0.1) is 0 Å². The van der Waals surface area contributed by atoms with Gasteiger partial charge in [0.25, 0.3) is 0 Å². The first kappa shape index (κ1) is 18.4. The fourth-order valence-electron chi connectivity index (χ4n) is 3.46. The van der Waals surface area contributed by atoms with Crippen LogP contribution in [0.3, 0.4) is 0 Å². The number of rotatable bonds is 6. The summed E-state index contributed by atoms with van der Waals surface area (Å²) in [6, 6.07) is 18.4. The molecule has 1 unspecified atom stereocenters. The number of β-amino-alcohol motifs (C(OH)–C–C–N with tert-alkyl or cyclic N) is 1. The molecule has 2 aromatic rings. The van der Waals surface area contributed by atoms with Crippen molar-refractivity contribution in [3.05, 3.63) is 70.7 Å². The summed E-state index contributed by atoms with van der Waals surface area (Å²) in [7, 11) is 0. The molecule has 4 heteroatoms. The molecule has 1 saturated heterocycles. The Kier molecular flexibility index (Phi) is 6.88. The van der Waals surface area contributed by atoms with Crippen LogP contribution in [0.15, 0.2) is 54.6 Å². The summed E-state index contributed by atoms with van der Waals surface area (Å²) in [5.74, 6) is 0. The lowest BCUT2D eigenvalue weighted by atomic mass is 10.1. The van der Waals surface area contributed by atoms with Crippen molar-refractivity contribution in [3.63, 3.8) is 0 Å². The Labute approximate surface area is 155 Å². The third-order valence-electron chi connectivity index (χ3n) is 4.78. The molecule has 2 aromatic carbocycles. The van der Waals surface area contributed by atoms with E-state index in [4.69, 9.17) is 11.6 Å². The van der Waals surface area contributed by atoms with Crippen LogP contribution < -0.4 is 0 Å². The highest BCUT2D eigenvalue weighted by Crippen LogP contribution is 2.13. The molecule has 3 rings (SSSR count). The van der Waals surface area contributed by atoms with E-state index in [0.717, 1.165) is 57.1 Å². The molecule has 25 heavy (non-hydrogen) atoms. The minimum absolute atomic E-state index is 0.301. The maximum atomic E-state index is 10.4. The number of halogens is 1. The number of benzene rings is 2. The van der Waals surface area contributed by atoms with Crippen molar-refractivity contribution in [1.29, 1.82) is 0 Å². The Hall–Kier alpha value is -1.39. The summed E-state index contributed by atoms with van der Waals surface area (Å²) in [6.07, 6.45) is 1.57. The summed E-state index contributed by atoms with van der Waals surface area (Å²) >= 11 is 5.96. The van der Waals surface area contributed by atoms with Crippen LogP contribution >= 0.6 is 11.6 Å². The third kappa shape index (κ3) is 6.12. The number of aliphatic hydroxyl groups excluding tert-OH is 1. The van der Waals surface area contributed by atoms with Gasteiger partial charge < -0.3 is 5.11 Å². The average molecular weight is 359 g/mol. The maximum absolute atomic E-state index is 10.4. The van der Waals surface area contributed by atoms with Crippen LogP contribution in [0.25, 0.3) is 0 Å². The molecule has 0 spiro atoms. The van der Waals surface area contributed by atoms with Gasteiger partial charge in [0.1, 0.15) is 0 Å². The van der Waals surface area contributed by atoms with Gasteiger partial charge in [0, 0.05) is 31.2 Å². The van der Waals surface area contributed by atoms with Crippen LogP contribution in [0.5, 0.6) is 0 Å². The highest BCUT2D eigenvalue weighted by atomic mass is 35.5. The quantitative estimate of drug-likeness (QED) is 0.856. The molecule has 1 aliphatic rings. The third-order valence-corrected chi connectivity index (χ3v) is 5.04. The first-order valence-corrected chi connectivity index (χ1v) is 9.48. The molecule has 3 nitrogen and oxygen atoms in total. The van der Waals surface area contributed by atoms with Crippen molar-refractivity contribution in [2.45, 2.75) is 25.5 Å². The molecule has 0 amide bonds. The molecule has 1 aliphatic heterocycles. The summed E-state index contributed by atoms with van der Waals surface area (Å²) < 4.78 is 0. The largest absolute Gasteiger partial charge is 0.391 e. The lowest BCUT2D eigenvalue weighted by Gasteiger charge is -2.24. The van der Waals surface area contributed by atoms with Crippen molar-refractivity contribution in [3.8, 4) is 0 Å². The van der Waals surface area contributed by atoms with Crippen LogP contribution in [0.1, 0.15) is 17.5 Å². The lowest BCUT2D eigenvalue weighted by Crippen LogP contribution is -2.36. The number of aliphatic hydroxyl groups is 1. The number of nitrogens with zero attached hydrogens (tertiary/aromatic N) is 2. The SMILES string of the molecule is OC(Cc1ccccc1)CN1CCCN(Cc2ccc(Cl)cc2)CC1. The van der Waals surface area contributed by atoms with Gasteiger partial charge in [-0.25, -0.2) is 0 Å². The predicted octanol–water partition coefficient (Wildman–Crippen LogP) is 3.45. The van der Waals surface area contributed by atoms with Gasteiger partial charge in [0.05, 0.1) is 6.10 Å². The topological polar surface area (TPSA) is 26.7 Å². The minimum Gasteiger partial charge on any atom is -0.391 e. The number of hydrogen-bond acceptors (Lipinski definition) is 3. The Morgan fingerprint density at radius 3 is 2.28 bits per heavy atom. The van der Waals surface area contributed by atoms with E-state index in [1.54, 1.807) is 0 Å². The van der Waals surface area contributed by atoms with Crippen LogP contribution in [0.2, 0.25) is 5.02 Å². The van der Waals surface area contributed by atoms with E-state index in [1.165, 1.54) is 11.1 Å². The molecule has 1 fully saturated rings. The zero-order valence-corrected chi connectivity index (χ0v) is 15.4. The normalized spacial score (nSPS) is 18.0. The van der Waals surface area contributed by atoms with Gasteiger partial charge in [0.15, 0.2) is 0 Å². The summed E-state index contributed by atoms with van der Waals surface area (Å²) in [4.78, 5) is 4.89. The first-order chi connectivity index (χ1) is 12.2. The van der Waals surface area contributed by atoms with Crippen molar-refractivity contribution in [1.82, 2.24) is 9.80 Å².